The zero-order valence-corrected chi connectivity index (χ0v) is 9.73. The molecule has 2 aromatic heterocycles. The number of aromatic nitrogens is 4. The van der Waals surface area contributed by atoms with Crippen LogP contribution in [-0.2, 0) is 6.54 Å². The fourth-order valence-electron chi connectivity index (χ4n) is 2.22. The van der Waals surface area contributed by atoms with Gasteiger partial charge in [-0.05, 0) is 6.42 Å². The molecule has 92 valence electrons. The molecule has 3 heterocycles. The van der Waals surface area contributed by atoms with Crippen molar-refractivity contribution in [2.45, 2.75) is 19.0 Å². The molecular formula is C11H12N6O. The van der Waals surface area contributed by atoms with E-state index >= 15 is 0 Å². The molecule has 7 heteroatoms. The van der Waals surface area contributed by atoms with Gasteiger partial charge in [0.2, 0.25) is 5.89 Å². The average molecular weight is 244 g/mol. The molecule has 0 spiro atoms. The van der Waals surface area contributed by atoms with E-state index < -0.39 is 0 Å². The Bertz CT molecular complexity index is 554. The van der Waals surface area contributed by atoms with Gasteiger partial charge in [-0.3, -0.25) is 9.58 Å². The zero-order valence-electron chi connectivity index (χ0n) is 9.73. The normalized spacial score (nSPS) is 20.1. The van der Waals surface area contributed by atoms with Crippen LogP contribution in [0.5, 0.6) is 0 Å². The Morgan fingerprint density at radius 3 is 3.22 bits per heavy atom. The molecule has 1 unspecified atom stereocenters. The van der Waals surface area contributed by atoms with E-state index in [0.29, 0.717) is 24.0 Å². The predicted octanol–water partition coefficient (Wildman–Crippen LogP) is 0.585. The average Bonchev–Trinajstić information content (AvgIpc) is 3.09. The van der Waals surface area contributed by atoms with Gasteiger partial charge in [0, 0.05) is 19.3 Å². The van der Waals surface area contributed by atoms with Gasteiger partial charge in [-0.2, -0.15) is 15.3 Å². The fourth-order valence-corrected chi connectivity index (χ4v) is 2.22. The third-order valence-electron chi connectivity index (χ3n) is 3.12. The van der Waals surface area contributed by atoms with Crippen molar-refractivity contribution in [2.24, 2.45) is 0 Å². The van der Waals surface area contributed by atoms with Crippen molar-refractivity contribution < 1.29 is 4.52 Å². The summed E-state index contributed by atoms with van der Waals surface area (Å²) in [5.41, 5.74) is 0.602. The van der Waals surface area contributed by atoms with Gasteiger partial charge >= 0.3 is 0 Å². The zero-order chi connectivity index (χ0) is 12.4. The molecule has 0 radical (unpaired) electrons. The molecular weight excluding hydrogens is 232 g/mol. The third kappa shape index (κ3) is 2.10. The van der Waals surface area contributed by atoms with Gasteiger partial charge in [-0.25, -0.2) is 0 Å². The molecule has 0 aromatic carbocycles. The summed E-state index contributed by atoms with van der Waals surface area (Å²) in [5.74, 6) is 0.633. The summed E-state index contributed by atoms with van der Waals surface area (Å²) >= 11 is 0. The number of hydrogen-bond donors (Lipinski definition) is 0. The molecule has 1 saturated heterocycles. The Labute approximate surface area is 104 Å². The Balaban J connectivity index is 1.63. The molecule has 2 aromatic rings. The van der Waals surface area contributed by atoms with E-state index in [1.165, 1.54) is 6.33 Å². The van der Waals surface area contributed by atoms with Crippen LogP contribution in [0.3, 0.4) is 0 Å². The molecule has 1 aliphatic rings. The summed E-state index contributed by atoms with van der Waals surface area (Å²) in [5, 5.41) is 16.6. The lowest BCUT2D eigenvalue weighted by molar-refractivity contribution is 0.258. The van der Waals surface area contributed by atoms with Crippen LogP contribution in [0.1, 0.15) is 23.9 Å². The fraction of sp³-hybridized carbons (Fsp3) is 0.455. The van der Waals surface area contributed by atoms with Crippen molar-refractivity contribution >= 4 is 0 Å². The molecule has 0 bridgehead atoms. The Morgan fingerprint density at radius 1 is 1.56 bits per heavy atom. The van der Waals surface area contributed by atoms with Crippen molar-refractivity contribution in [3.63, 3.8) is 0 Å². The van der Waals surface area contributed by atoms with Gasteiger partial charge in [-0.15, -0.1) is 0 Å². The van der Waals surface area contributed by atoms with Crippen molar-refractivity contribution in [1.29, 1.82) is 5.26 Å². The second kappa shape index (κ2) is 4.58. The predicted molar refractivity (Wildman–Crippen MR) is 60.2 cm³/mol. The standard InChI is InChI=1S/C11H12N6O/c12-3-9-4-14-17(5-9)10-1-2-16(6-10)7-11-13-8-15-18-11/h4-5,8,10H,1-2,6-7H2. The molecule has 0 amide bonds. The van der Waals surface area contributed by atoms with Crippen LogP contribution in [-0.4, -0.2) is 37.9 Å². The van der Waals surface area contributed by atoms with Gasteiger partial charge in [0.1, 0.15) is 6.07 Å². The van der Waals surface area contributed by atoms with Crippen LogP contribution in [0.25, 0.3) is 0 Å². The molecule has 0 N–H and O–H groups in total. The van der Waals surface area contributed by atoms with Gasteiger partial charge in [0.15, 0.2) is 6.33 Å². The smallest absolute Gasteiger partial charge is 0.240 e. The summed E-state index contributed by atoms with van der Waals surface area (Å²) in [6.45, 7) is 2.52. The molecule has 18 heavy (non-hydrogen) atoms. The summed E-state index contributed by atoms with van der Waals surface area (Å²) in [6.07, 6.45) is 5.82. The minimum atomic E-state index is 0.315. The van der Waals surface area contributed by atoms with Crippen molar-refractivity contribution in [3.8, 4) is 6.07 Å². The second-order valence-corrected chi connectivity index (χ2v) is 4.33. The first kappa shape index (κ1) is 10.9. The molecule has 1 fully saturated rings. The molecule has 3 rings (SSSR count). The Hall–Kier alpha value is -2.20. The molecule has 0 saturated carbocycles. The van der Waals surface area contributed by atoms with Crippen LogP contribution in [0.15, 0.2) is 23.2 Å². The van der Waals surface area contributed by atoms with E-state index in [-0.39, 0.29) is 0 Å². The van der Waals surface area contributed by atoms with E-state index in [4.69, 9.17) is 9.78 Å². The van der Waals surface area contributed by atoms with E-state index in [2.05, 4.69) is 26.2 Å². The van der Waals surface area contributed by atoms with E-state index in [9.17, 15) is 0 Å². The van der Waals surface area contributed by atoms with Crippen LogP contribution in [0.2, 0.25) is 0 Å². The number of nitriles is 1. The molecule has 1 aliphatic heterocycles. The first-order valence-corrected chi connectivity index (χ1v) is 5.77. The van der Waals surface area contributed by atoms with E-state index in [1.807, 2.05) is 4.68 Å². The number of nitrogens with zero attached hydrogens (tertiary/aromatic N) is 6. The first-order valence-electron chi connectivity index (χ1n) is 5.77. The SMILES string of the molecule is N#Cc1cnn(C2CCN(Cc3ncno3)C2)c1. The van der Waals surface area contributed by atoms with Crippen LogP contribution >= 0.6 is 0 Å². The highest BCUT2D eigenvalue weighted by Gasteiger charge is 2.25. The summed E-state index contributed by atoms with van der Waals surface area (Å²) in [4.78, 5) is 6.25. The first-order chi connectivity index (χ1) is 8.85. The van der Waals surface area contributed by atoms with E-state index in [0.717, 1.165) is 19.5 Å². The van der Waals surface area contributed by atoms with Crippen molar-refractivity contribution in [2.75, 3.05) is 13.1 Å². The van der Waals surface area contributed by atoms with Crippen molar-refractivity contribution in [1.82, 2.24) is 24.8 Å². The summed E-state index contributed by atoms with van der Waals surface area (Å²) in [7, 11) is 0. The third-order valence-corrected chi connectivity index (χ3v) is 3.12. The number of hydrogen-bond acceptors (Lipinski definition) is 6. The monoisotopic (exact) mass is 244 g/mol. The Kier molecular flexibility index (Phi) is 2.78. The highest BCUT2D eigenvalue weighted by molar-refractivity contribution is 5.22. The second-order valence-electron chi connectivity index (χ2n) is 4.33. The lowest BCUT2D eigenvalue weighted by Gasteiger charge is -2.13. The van der Waals surface area contributed by atoms with Crippen LogP contribution in [0, 0.1) is 11.3 Å². The quantitative estimate of drug-likeness (QED) is 0.785. The number of likely N-dealkylation sites (tertiary alicyclic amines) is 1. The van der Waals surface area contributed by atoms with Gasteiger partial charge in [0.25, 0.3) is 0 Å². The largest absolute Gasteiger partial charge is 0.338 e. The minimum Gasteiger partial charge on any atom is -0.338 e. The summed E-state index contributed by atoms with van der Waals surface area (Å²) < 4.78 is 6.86. The highest BCUT2D eigenvalue weighted by atomic mass is 16.5. The summed E-state index contributed by atoms with van der Waals surface area (Å²) in [6, 6.07) is 2.40. The maximum absolute atomic E-state index is 8.78. The van der Waals surface area contributed by atoms with Gasteiger partial charge < -0.3 is 4.52 Å². The maximum Gasteiger partial charge on any atom is 0.240 e. The minimum absolute atomic E-state index is 0.315. The maximum atomic E-state index is 8.78. The number of rotatable bonds is 3. The van der Waals surface area contributed by atoms with Gasteiger partial charge in [-0.1, -0.05) is 5.16 Å². The van der Waals surface area contributed by atoms with Crippen LogP contribution in [0.4, 0.5) is 0 Å². The molecule has 0 aliphatic carbocycles. The lowest BCUT2D eigenvalue weighted by atomic mass is 10.3. The van der Waals surface area contributed by atoms with E-state index in [1.54, 1.807) is 12.4 Å². The topological polar surface area (TPSA) is 83.8 Å². The molecule has 7 nitrogen and oxygen atoms in total. The van der Waals surface area contributed by atoms with Crippen LogP contribution < -0.4 is 0 Å². The van der Waals surface area contributed by atoms with Gasteiger partial charge in [0.05, 0.1) is 24.3 Å². The Morgan fingerprint density at radius 2 is 2.50 bits per heavy atom. The van der Waals surface area contributed by atoms with Crippen molar-refractivity contribution in [3.05, 3.63) is 30.2 Å². The molecule has 1 atom stereocenters. The lowest BCUT2D eigenvalue weighted by Crippen LogP contribution is -2.21. The highest BCUT2D eigenvalue weighted by Crippen LogP contribution is 2.22.